The molecule has 1 aliphatic carbocycles. The summed E-state index contributed by atoms with van der Waals surface area (Å²) in [7, 11) is 0. The van der Waals surface area contributed by atoms with E-state index >= 15 is 0 Å². The molecule has 1 saturated carbocycles. The van der Waals surface area contributed by atoms with E-state index in [4.69, 9.17) is 0 Å². The minimum Gasteiger partial charge on any atom is -0.323 e. The van der Waals surface area contributed by atoms with Gasteiger partial charge in [-0.2, -0.15) is 0 Å². The van der Waals surface area contributed by atoms with Crippen LogP contribution < -0.4 is 4.90 Å². The number of imidazole rings is 1. The molecule has 0 N–H and O–H groups in total. The van der Waals surface area contributed by atoms with Crippen molar-refractivity contribution in [3.63, 3.8) is 0 Å². The third-order valence-electron chi connectivity index (χ3n) is 5.09. The first kappa shape index (κ1) is 17.0. The molecule has 3 heterocycles. The summed E-state index contributed by atoms with van der Waals surface area (Å²) >= 11 is 3.21. The summed E-state index contributed by atoms with van der Waals surface area (Å²) in [5.41, 5.74) is 4.43. The Kier molecular flexibility index (Phi) is 4.28. The van der Waals surface area contributed by atoms with Gasteiger partial charge in [-0.25, -0.2) is 9.97 Å². The summed E-state index contributed by atoms with van der Waals surface area (Å²) in [5, 5.41) is 4.12. The fourth-order valence-corrected chi connectivity index (χ4v) is 5.09. The highest BCUT2D eigenvalue weighted by atomic mass is 32.2. The maximum Gasteiger partial charge on any atom is 0.237 e. The van der Waals surface area contributed by atoms with Gasteiger partial charge in [0.05, 0.1) is 16.5 Å². The molecule has 0 unspecified atom stereocenters. The van der Waals surface area contributed by atoms with E-state index in [9.17, 15) is 4.79 Å². The van der Waals surface area contributed by atoms with Crippen LogP contribution >= 0.6 is 23.1 Å². The van der Waals surface area contributed by atoms with Gasteiger partial charge in [-0.1, -0.05) is 17.8 Å². The number of rotatable bonds is 5. The van der Waals surface area contributed by atoms with E-state index < -0.39 is 0 Å². The minimum absolute atomic E-state index is 0.154. The second kappa shape index (κ2) is 6.80. The Bertz CT molecular complexity index is 1010. The van der Waals surface area contributed by atoms with E-state index in [2.05, 4.69) is 38.1 Å². The number of thioether (sulfide) groups is 1. The first-order valence-electron chi connectivity index (χ1n) is 9.20. The average molecular weight is 397 g/mol. The van der Waals surface area contributed by atoms with Crippen LogP contribution in [0.3, 0.4) is 0 Å². The molecular formula is C20H20N4OS2. The molecule has 1 amide bonds. The highest BCUT2D eigenvalue weighted by molar-refractivity contribution is 7.99. The largest absolute Gasteiger partial charge is 0.323 e. The number of aryl methyl sites for hydroxylation is 1. The smallest absolute Gasteiger partial charge is 0.237 e. The number of hydrogen-bond acceptors (Lipinski definition) is 5. The second-order valence-corrected chi connectivity index (χ2v) is 9.03. The number of carbonyl (C=O) groups is 1. The summed E-state index contributed by atoms with van der Waals surface area (Å²) in [6.07, 6.45) is 7.20. The predicted octanol–water partition coefficient (Wildman–Crippen LogP) is 4.33. The summed E-state index contributed by atoms with van der Waals surface area (Å²) in [4.78, 5) is 23.7. The molecule has 1 aliphatic heterocycles. The lowest BCUT2D eigenvalue weighted by atomic mass is 10.1. The molecular weight excluding hydrogens is 376 g/mol. The molecule has 1 fully saturated rings. The molecule has 2 aliphatic rings. The van der Waals surface area contributed by atoms with Gasteiger partial charge in [0.1, 0.15) is 0 Å². The van der Waals surface area contributed by atoms with Gasteiger partial charge in [-0.15, -0.1) is 11.3 Å². The van der Waals surface area contributed by atoms with Crippen molar-refractivity contribution in [2.45, 2.75) is 37.4 Å². The van der Waals surface area contributed by atoms with Crippen LogP contribution in [0, 0.1) is 6.92 Å². The van der Waals surface area contributed by atoms with Crippen molar-refractivity contribution in [3.05, 3.63) is 46.5 Å². The van der Waals surface area contributed by atoms with Crippen LogP contribution in [-0.2, 0) is 11.2 Å². The van der Waals surface area contributed by atoms with E-state index in [1.54, 1.807) is 23.1 Å². The van der Waals surface area contributed by atoms with E-state index in [-0.39, 0.29) is 5.91 Å². The molecule has 138 valence electrons. The van der Waals surface area contributed by atoms with Crippen molar-refractivity contribution in [2.24, 2.45) is 0 Å². The summed E-state index contributed by atoms with van der Waals surface area (Å²) in [5.74, 6) is 0.581. The van der Waals surface area contributed by atoms with Crippen molar-refractivity contribution >= 4 is 34.7 Å². The molecule has 0 spiro atoms. The lowest BCUT2D eigenvalue weighted by Crippen LogP contribution is -2.30. The van der Waals surface area contributed by atoms with Gasteiger partial charge >= 0.3 is 0 Å². The lowest BCUT2D eigenvalue weighted by Gasteiger charge is -2.17. The van der Waals surface area contributed by atoms with Gasteiger partial charge < -0.3 is 9.47 Å². The van der Waals surface area contributed by atoms with Crippen molar-refractivity contribution < 1.29 is 4.79 Å². The van der Waals surface area contributed by atoms with Crippen LogP contribution in [0.2, 0.25) is 0 Å². The minimum atomic E-state index is 0.154. The fourth-order valence-electron chi connectivity index (χ4n) is 3.56. The molecule has 1 aromatic carbocycles. The Morgan fingerprint density at radius 1 is 1.37 bits per heavy atom. The molecule has 0 saturated heterocycles. The molecule has 3 aromatic rings. The van der Waals surface area contributed by atoms with Gasteiger partial charge in [-0.3, -0.25) is 4.79 Å². The zero-order valence-corrected chi connectivity index (χ0v) is 16.7. The standard InChI is InChI=1S/C20H20N4OS2/c1-13-22-17(11-26-13)14-2-5-18-15(10-14)6-8-24(18)19(25)12-27-20-21-7-9-23(20)16-3-4-16/h2,5,7,9-11,16H,3-4,6,8,12H2,1H3. The van der Waals surface area contributed by atoms with Crippen molar-refractivity contribution in [1.29, 1.82) is 0 Å². The number of aromatic nitrogens is 3. The number of amides is 1. The number of benzene rings is 1. The highest BCUT2D eigenvalue weighted by Crippen LogP contribution is 2.38. The second-order valence-electron chi connectivity index (χ2n) is 7.03. The first-order chi connectivity index (χ1) is 13.2. The Labute approximate surface area is 166 Å². The third-order valence-corrected chi connectivity index (χ3v) is 6.83. The molecule has 0 bridgehead atoms. The summed E-state index contributed by atoms with van der Waals surface area (Å²) in [6, 6.07) is 6.92. The van der Waals surface area contributed by atoms with Gasteiger partial charge in [0.15, 0.2) is 5.16 Å². The topological polar surface area (TPSA) is 51.0 Å². The van der Waals surface area contributed by atoms with Crippen molar-refractivity contribution in [2.75, 3.05) is 17.2 Å². The van der Waals surface area contributed by atoms with Crippen LogP contribution in [-0.4, -0.2) is 32.7 Å². The average Bonchev–Trinajstić information content (AvgIpc) is 3.08. The van der Waals surface area contributed by atoms with E-state index in [0.29, 0.717) is 11.8 Å². The highest BCUT2D eigenvalue weighted by Gasteiger charge is 2.28. The quantitative estimate of drug-likeness (QED) is 0.602. The van der Waals surface area contributed by atoms with E-state index in [1.807, 2.05) is 24.2 Å². The molecule has 0 radical (unpaired) electrons. The SMILES string of the molecule is Cc1nc(-c2ccc3c(c2)CCN3C(=O)CSc2nccn2C2CC2)cs1. The van der Waals surface area contributed by atoms with Gasteiger partial charge in [0, 0.05) is 41.6 Å². The first-order valence-corrected chi connectivity index (χ1v) is 11.1. The van der Waals surface area contributed by atoms with Crippen LogP contribution in [0.4, 0.5) is 5.69 Å². The molecule has 5 nitrogen and oxygen atoms in total. The molecule has 2 aromatic heterocycles. The van der Waals surface area contributed by atoms with Crippen LogP contribution in [0.5, 0.6) is 0 Å². The molecule has 5 rings (SSSR count). The van der Waals surface area contributed by atoms with Crippen LogP contribution in [0.1, 0.15) is 29.5 Å². The number of hydrogen-bond donors (Lipinski definition) is 0. The number of anilines is 1. The molecule has 7 heteroatoms. The Balaban J connectivity index is 1.29. The van der Waals surface area contributed by atoms with Crippen molar-refractivity contribution in [1.82, 2.24) is 14.5 Å². The zero-order chi connectivity index (χ0) is 18.4. The van der Waals surface area contributed by atoms with Crippen LogP contribution in [0.15, 0.2) is 41.1 Å². The maximum atomic E-state index is 12.8. The Morgan fingerprint density at radius 2 is 2.26 bits per heavy atom. The van der Waals surface area contributed by atoms with E-state index in [1.165, 1.54) is 18.4 Å². The van der Waals surface area contributed by atoms with Gasteiger partial charge in [0.25, 0.3) is 0 Å². The normalized spacial score (nSPS) is 16.0. The lowest BCUT2D eigenvalue weighted by molar-refractivity contribution is -0.116. The van der Waals surface area contributed by atoms with Gasteiger partial charge in [0.2, 0.25) is 5.91 Å². The van der Waals surface area contributed by atoms with Crippen LogP contribution in [0.25, 0.3) is 11.3 Å². The number of carbonyl (C=O) groups excluding carboxylic acids is 1. The number of nitrogens with zero attached hydrogens (tertiary/aromatic N) is 4. The third kappa shape index (κ3) is 3.30. The number of thiazole rings is 1. The summed E-state index contributed by atoms with van der Waals surface area (Å²) < 4.78 is 2.21. The Hall–Kier alpha value is -2.12. The fraction of sp³-hybridized carbons (Fsp3) is 0.350. The van der Waals surface area contributed by atoms with E-state index in [0.717, 1.165) is 40.1 Å². The molecule has 27 heavy (non-hydrogen) atoms. The summed E-state index contributed by atoms with van der Waals surface area (Å²) in [6.45, 7) is 2.78. The van der Waals surface area contributed by atoms with Crippen molar-refractivity contribution in [3.8, 4) is 11.3 Å². The van der Waals surface area contributed by atoms with Gasteiger partial charge in [-0.05, 0) is 43.9 Å². The monoisotopic (exact) mass is 396 g/mol. The Morgan fingerprint density at radius 3 is 3.04 bits per heavy atom. The molecule has 0 atom stereocenters. The zero-order valence-electron chi connectivity index (χ0n) is 15.1. The maximum absolute atomic E-state index is 12.8. The predicted molar refractivity (Wildman–Crippen MR) is 110 cm³/mol. The number of fused-ring (bicyclic) bond motifs is 1.